The maximum absolute atomic E-state index is 10.8. The number of primary amides is 1. The Hall–Kier alpha value is -1.10. The summed E-state index contributed by atoms with van der Waals surface area (Å²) < 4.78 is 1.10. The van der Waals surface area contributed by atoms with Crippen LogP contribution in [0.2, 0.25) is 0 Å². The summed E-state index contributed by atoms with van der Waals surface area (Å²) in [7, 11) is 0. The van der Waals surface area contributed by atoms with Crippen LogP contribution >= 0.6 is 23.7 Å². The van der Waals surface area contributed by atoms with Crippen LogP contribution < -0.4 is 5.73 Å². The van der Waals surface area contributed by atoms with Crippen molar-refractivity contribution in [2.45, 2.75) is 0 Å². The number of hydrogen-bond donors (Lipinski definition) is 1. The van der Waals surface area contributed by atoms with Crippen molar-refractivity contribution in [3.8, 4) is 0 Å². The lowest BCUT2D eigenvalue weighted by Crippen LogP contribution is -2.07. The van der Waals surface area contributed by atoms with E-state index in [0.29, 0.717) is 4.88 Å². The first-order valence-corrected chi connectivity index (χ1v) is 4.37. The van der Waals surface area contributed by atoms with Crippen LogP contribution in [0.15, 0.2) is 30.3 Å². The summed E-state index contributed by atoms with van der Waals surface area (Å²) >= 11 is 1.43. The Morgan fingerprint density at radius 3 is 2.50 bits per heavy atom. The number of nitrogens with two attached hydrogens (primary N) is 1. The summed E-state index contributed by atoms with van der Waals surface area (Å²) in [6, 6.07) is 9.66. The molecule has 0 bridgehead atoms. The highest BCUT2D eigenvalue weighted by atomic mass is 35.5. The molecule has 5 heteroatoms. The molecule has 1 aromatic heterocycles. The SMILES string of the molecule is Cl.NC(=O)c1cc2ccccc2s1.O. The highest BCUT2D eigenvalue weighted by molar-refractivity contribution is 7.20. The zero-order valence-corrected chi connectivity index (χ0v) is 8.82. The summed E-state index contributed by atoms with van der Waals surface area (Å²) in [5.74, 6) is -0.351. The minimum atomic E-state index is -0.351. The van der Waals surface area contributed by atoms with Gasteiger partial charge < -0.3 is 11.2 Å². The molecule has 4 N–H and O–H groups in total. The normalized spacial score (nSPS) is 8.86. The molecule has 3 nitrogen and oxygen atoms in total. The van der Waals surface area contributed by atoms with Crippen molar-refractivity contribution in [3.05, 3.63) is 35.2 Å². The molecule has 0 spiro atoms. The fourth-order valence-electron chi connectivity index (χ4n) is 1.10. The van der Waals surface area contributed by atoms with Crippen molar-refractivity contribution in [1.29, 1.82) is 0 Å². The van der Waals surface area contributed by atoms with E-state index in [4.69, 9.17) is 5.73 Å². The molecule has 2 aromatic rings. The summed E-state index contributed by atoms with van der Waals surface area (Å²) in [6.07, 6.45) is 0. The van der Waals surface area contributed by atoms with Crippen LogP contribution in [0.1, 0.15) is 9.67 Å². The lowest BCUT2D eigenvalue weighted by Gasteiger charge is -1.82. The van der Waals surface area contributed by atoms with Crippen molar-refractivity contribution in [2.75, 3.05) is 0 Å². The van der Waals surface area contributed by atoms with Crippen LogP contribution in [-0.2, 0) is 0 Å². The number of benzene rings is 1. The molecule has 0 saturated heterocycles. The number of carbonyl (C=O) groups is 1. The number of carbonyl (C=O) groups excluding carboxylic acids is 1. The van der Waals surface area contributed by atoms with Crippen molar-refractivity contribution in [1.82, 2.24) is 0 Å². The van der Waals surface area contributed by atoms with Gasteiger partial charge in [-0.1, -0.05) is 18.2 Å². The van der Waals surface area contributed by atoms with E-state index in [-0.39, 0.29) is 23.8 Å². The third-order valence-corrected chi connectivity index (χ3v) is 2.80. The van der Waals surface area contributed by atoms with Gasteiger partial charge in [0.25, 0.3) is 5.91 Å². The number of amides is 1. The molecule has 1 aromatic carbocycles. The molecule has 0 atom stereocenters. The number of thiophene rings is 1. The van der Waals surface area contributed by atoms with Crippen molar-refractivity contribution < 1.29 is 10.3 Å². The van der Waals surface area contributed by atoms with E-state index >= 15 is 0 Å². The molecule has 0 fully saturated rings. The Morgan fingerprint density at radius 1 is 1.29 bits per heavy atom. The van der Waals surface area contributed by atoms with E-state index in [9.17, 15) is 4.79 Å². The molecule has 0 aliphatic heterocycles. The predicted octanol–water partition coefficient (Wildman–Crippen LogP) is 1.60. The fourth-order valence-corrected chi connectivity index (χ4v) is 2.02. The molecular weight excluding hydrogens is 222 g/mol. The van der Waals surface area contributed by atoms with Crippen LogP contribution in [0, 0.1) is 0 Å². The van der Waals surface area contributed by atoms with Gasteiger partial charge in [-0.25, -0.2) is 0 Å². The average Bonchev–Trinajstić information content (AvgIpc) is 2.46. The number of halogens is 1. The van der Waals surface area contributed by atoms with E-state index in [2.05, 4.69) is 0 Å². The molecule has 76 valence electrons. The zero-order chi connectivity index (χ0) is 8.55. The Labute approximate surface area is 91.3 Å². The van der Waals surface area contributed by atoms with E-state index in [1.54, 1.807) is 0 Å². The molecule has 1 heterocycles. The second-order valence-corrected chi connectivity index (χ2v) is 3.60. The molecule has 0 aliphatic rings. The summed E-state index contributed by atoms with van der Waals surface area (Å²) in [6.45, 7) is 0. The summed E-state index contributed by atoms with van der Waals surface area (Å²) in [4.78, 5) is 11.4. The van der Waals surface area contributed by atoms with E-state index < -0.39 is 0 Å². The van der Waals surface area contributed by atoms with E-state index in [1.165, 1.54) is 11.3 Å². The first-order valence-electron chi connectivity index (χ1n) is 3.56. The van der Waals surface area contributed by atoms with Crippen LogP contribution in [0.4, 0.5) is 0 Å². The molecule has 0 radical (unpaired) electrons. The van der Waals surface area contributed by atoms with Crippen LogP contribution in [0.5, 0.6) is 0 Å². The highest BCUT2D eigenvalue weighted by Crippen LogP contribution is 2.24. The van der Waals surface area contributed by atoms with Crippen molar-refractivity contribution >= 4 is 39.7 Å². The van der Waals surface area contributed by atoms with Gasteiger partial charge in [0.05, 0.1) is 4.88 Å². The van der Waals surface area contributed by atoms with Crippen LogP contribution in [-0.4, -0.2) is 11.4 Å². The number of fused-ring (bicyclic) bond motifs is 1. The molecule has 14 heavy (non-hydrogen) atoms. The third-order valence-electron chi connectivity index (χ3n) is 1.67. The zero-order valence-electron chi connectivity index (χ0n) is 7.19. The van der Waals surface area contributed by atoms with Gasteiger partial charge in [-0.2, -0.15) is 0 Å². The van der Waals surface area contributed by atoms with Crippen molar-refractivity contribution in [2.24, 2.45) is 5.73 Å². The summed E-state index contributed by atoms with van der Waals surface area (Å²) in [5, 5.41) is 1.08. The maximum atomic E-state index is 10.8. The lowest BCUT2D eigenvalue weighted by molar-refractivity contribution is 0.100. The summed E-state index contributed by atoms with van der Waals surface area (Å²) in [5.41, 5.74) is 5.15. The number of hydrogen-bond acceptors (Lipinski definition) is 2. The van der Waals surface area contributed by atoms with Gasteiger partial charge in [0.2, 0.25) is 0 Å². The van der Waals surface area contributed by atoms with Gasteiger partial charge in [0.15, 0.2) is 0 Å². The molecule has 0 unspecified atom stereocenters. The third kappa shape index (κ3) is 2.23. The van der Waals surface area contributed by atoms with E-state index in [0.717, 1.165) is 10.1 Å². The highest BCUT2D eigenvalue weighted by Gasteiger charge is 2.04. The largest absolute Gasteiger partial charge is 0.412 e. The van der Waals surface area contributed by atoms with Crippen LogP contribution in [0.3, 0.4) is 0 Å². The molecule has 0 aliphatic carbocycles. The topological polar surface area (TPSA) is 74.6 Å². The molecule has 2 rings (SSSR count). The van der Waals surface area contributed by atoms with Gasteiger partial charge in [-0.15, -0.1) is 23.7 Å². The Bertz CT molecular complexity index is 408. The molecule has 1 amide bonds. The van der Waals surface area contributed by atoms with Crippen molar-refractivity contribution in [3.63, 3.8) is 0 Å². The standard InChI is InChI=1S/C9H7NOS.ClH.H2O/c10-9(11)8-5-6-3-1-2-4-7(6)12-8;;/h1-5H,(H2,10,11);1H;1H2. The first kappa shape index (κ1) is 12.9. The fraction of sp³-hybridized carbons (Fsp3) is 0. The smallest absolute Gasteiger partial charge is 0.258 e. The number of rotatable bonds is 1. The Kier molecular flexibility index (Phi) is 4.56. The van der Waals surface area contributed by atoms with Gasteiger partial charge in [0, 0.05) is 4.70 Å². The Morgan fingerprint density at radius 2 is 1.93 bits per heavy atom. The second-order valence-electron chi connectivity index (χ2n) is 2.51. The Balaban J connectivity index is 0.000000845. The van der Waals surface area contributed by atoms with Crippen LogP contribution in [0.25, 0.3) is 10.1 Å². The van der Waals surface area contributed by atoms with E-state index in [1.807, 2.05) is 30.3 Å². The predicted molar refractivity (Wildman–Crippen MR) is 61.2 cm³/mol. The molecule has 0 saturated carbocycles. The van der Waals surface area contributed by atoms with Gasteiger partial charge >= 0.3 is 0 Å². The monoisotopic (exact) mass is 231 g/mol. The minimum Gasteiger partial charge on any atom is -0.412 e. The van der Waals surface area contributed by atoms with Gasteiger partial charge in [-0.05, 0) is 17.5 Å². The quantitative estimate of drug-likeness (QED) is 0.795. The second kappa shape index (κ2) is 4.95. The maximum Gasteiger partial charge on any atom is 0.258 e. The lowest BCUT2D eigenvalue weighted by atomic mass is 10.2. The minimum absolute atomic E-state index is 0. The first-order chi connectivity index (χ1) is 5.77. The van der Waals surface area contributed by atoms with Gasteiger partial charge in [0.1, 0.15) is 0 Å². The van der Waals surface area contributed by atoms with Gasteiger partial charge in [-0.3, -0.25) is 4.79 Å². The average molecular weight is 232 g/mol. The molecular formula is C9H10ClNO2S.